The molecule has 1 aliphatic heterocycles. The number of rotatable bonds is 10. The second-order valence-corrected chi connectivity index (χ2v) is 21.4. The third-order valence-electron chi connectivity index (χ3n) is 9.07. The van der Waals surface area contributed by atoms with Crippen molar-refractivity contribution in [2.24, 2.45) is 0 Å². The Labute approximate surface area is 296 Å². The summed E-state index contributed by atoms with van der Waals surface area (Å²) in [6.07, 6.45) is 2.85. The highest BCUT2D eigenvalue weighted by Gasteiger charge is 2.30. The van der Waals surface area contributed by atoms with Gasteiger partial charge >= 0.3 is 0 Å². The van der Waals surface area contributed by atoms with Crippen LogP contribution in [-0.4, -0.2) is 63.9 Å². The van der Waals surface area contributed by atoms with E-state index in [1.54, 1.807) is 24.4 Å². The lowest BCUT2D eigenvalue weighted by molar-refractivity contribution is 0.0905. The van der Waals surface area contributed by atoms with Gasteiger partial charge in [0.25, 0.3) is 5.91 Å². The van der Waals surface area contributed by atoms with E-state index in [4.69, 9.17) is 23.9 Å². The van der Waals surface area contributed by atoms with Gasteiger partial charge in [-0.05, 0) is 60.6 Å². The van der Waals surface area contributed by atoms with Crippen LogP contribution in [0.15, 0.2) is 71.3 Å². The number of aromatic nitrogens is 3. The highest BCUT2D eigenvalue weighted by Crippen LogP contribution is 2.45. The number of benzene rings is 2. The van der Waals surface area contributed by atoms with E-state index in [2.05, 4.69) is 25.0 Å². The highest BCUT2D eigenvalue weighted by atomic mass is 32.2. The van der Waals surface area contributed by atoms with Crippen LogP contribution in [-0.2, 0) is 28.1 Å². The van der Waals surface area contributed by atoms with Gasteiger partial charge in [0.15, 0.2) is 0 Å². The Hall–Kier alpha value is -5.05. The number of hydrogen-bond donors (Lipinski definition) is 1. The van der Waals surface area contributed by atoms with Crippen molar-refractivity contribution in [2.75, 3.05) is 31.3 Å². The summed E-state index contributed by atoms with van der Waals surface area (Å²) in [6.45, 7) is 8.12. The number of ether oxygens (including phenoxy) is 2. The van der Waals surface area contributed by atoms with Gasteiger partial charge in [-0.25, -0.2) is 22.8 Å². The Morgan fingerprint density at radius 2 is 1.86 bits per heavy atom. The number of carbonyl (C=O) groups is 1. The molecule has 51 heavy (non-hydrogen) atoms. The summed E-state index contributed by atoms with van der Waals surface area (Å²) >= 11 is 0. The van der Waals surface area contributed by atoms with Gasteiger partial charge in [0.1, 0.15) is 47.6 Å². The molecule has 11 nitrogen and oxygen atoms in total. The van der Waals surface area contributed by atoms with E-state index in [-0.39, 0.29) is 29.3 Å². The molecule has 0 atom stereocenters. The number of pyridine rings is 2. The molecule has 1 aliphatic rings. The fraction of sp³-hybridized carbons (Fsp3) is 0.270. The molecule has 6 aromatic rings. The number of amides is 1. The first-order valence-electron chi connectivity index (χ1n) is 16.5. The lowest BCUT2D eigenvalue weighted by Gasteiger charge is -2.23. The van der Waals surface area contributed by atoms with Crippen molar-refractivity contribution in [3.8, 4) is 39.7 Å². The fourth-order valence-corrected chi connectivity index (χ4v) is 7.55. The summed E-state index contributed by atoms with van der Waals surface area (Å²) in [6, 6.07) is 17.4. The van der Waals surface area contributed by atoms with Gasteiger partial charge in [0.05, 0.1) is 28.9 Å². The predicted octanol–water partition coefficient (Wildman–Crippen LogP) is 7.28. The summed E-state index contributed by atoms with van der Waals surface area (Å²) in [4.78, 5) is 23.2. The molecule has 1 amide bonds. The van der Waals surface area contributed by atoms with Crippen LogP contribution in [0.4, 0.5) is 10.1 Å². The van der Waals surface area contributed by atoms with E-state index in [0.717, 1.165) is 38.9 Å². The maximum atomic E-state index is 13.8. The highest BCUT2D eigenvalue weighted by molar-refractivity contribution is 7.92. The molecular weight excluding hydrogens is 690 g/mol. The lowest BCUT2D eigenvalue weighted by Crippen LogP contribution is -2.25. The number of hydrogen-bond acceptors (Lipinski definition) is 8. The number of halogens is 1. The molecule has 14 heteroatoms. The van der Waals surface area contributed by atoms with E-state index in [0.29, 0.717) is 46.9 Å². The summed E-state index contributed by atoms with van der Waals surface area (Å²) < 4.78 is 61.7. The van der Waals surface area contributed by atoms with Crippen molar-refractivity contribution >= 4 is 51.7 Å². The first-order chi connectivity index (χ1) is 24.2. The van der Waals surface area contributed by atoms with Crippen molar-refractivity contribution in [3.63, 3.8) is 0 Å². The molecule has 7 rings (SSSR count). The van der Waals surface area contributed by atoms with Crippen LogP contribution in [0.3, 0.4) is 0 Å². The molecule has 0 fully saturated rings. The molecule has 5 heterocycles. The second kappa shape index (κ2) is 12.9. The van der Waals surface area contributed by atoms with E-state index in [1.807, 2.05) is 22.8 Å². The van der Waals surface area contributed by atoms with E-state index in [9.17, 15) is 17.6 Å². The Morgan fingerprint density at radius 3 is 2.57 bits per heavy atom. The predicted molar refractivity (Wildman–Crippen MR) is 199 cm³/mol. The summed E-state index contributed by atoms with van der Waals surface area (Å²) in [5.74, 6) is -0.0818. The van der Waals surface area contributed by atoms with Crippen LogP contribution in [0.5, 0.6) is 5.75 Å². The zero-order valence-corrected chi connectivity index (χ0v) is 31.0. The topological polar surface area (TPSA) is 129 Å². The smallest absolute Gasteiger partial charge is 0.255 e. The minimum Gasteiger partial charge on any atom is -0.486 e. The Kier molecular flexibility index (Phi) is 8.72. The monoisotopic (exact) mass is 727 g/mol. The minimum absolute atomic E-state index is 0.219. The second-order valence-electron chi connectivity index (χ2n) is 13.8. The number of anilines is 1. The zero-order chi connectivity index (χ0) is 36.2. The largest absolute Gasteiger partial charge is 0.486 e. The third kappa shape index (κ3) is 6.38. The molecule has 0 bridgehead atoms. The molecule has 1 N–H and O–H groups in total. The molecule has 0 radical (unpaired) electrons. The quantitative estimate of drug-likeness (QED) is 0.115. The summed E-state index contributed by atoms with van der Waals surface area (Å²) in [5, 5.41) is 4.03. The summed E-state index contributed by atoms with van der Waals surface area (Å²) in [7, 11) is -2.12. The number of sulfonamides is 1. The average Bonchev–Trinajstić information content (AvgIpc) is 3.64. The SMILES string of the molecule is CNC(=O)c1c(-c2ccc(F)cc2)oc2cc(N(C)S(C)(=O)=O)c(-c3ccc4c(n3)-c3c(c5cccnc5n3COCC[Si](C)(C)C)CO4)cc12. The maximum Gasteiger partial charge on any atom is 0.255 e. The van der Waals surface area contributed by atoms with Gasteiger partial charge in [0.2, 0.25) is 10.0 Å². The van der Waals surface area contributed by atoms with Crippen molar-refractivity contribution in [2.45, 2.75) is 39.0 Å². The van der Waals surface area contributed by atoms with Gasteiger partial charge < -0.3 is 19.2 Å². The van der Waals surface area contributed by atoms with Crippen molar-refractivity contribution in [3.05, 3.63) is 83.8 Å². The first-order valence-corrected chi connectivity index (χ1v) is 22.0. The fourth-order valence-electron chi connectivity index (χ4n) is 6.28. The van der Waals surface area contributed by atoms with Crippen LogP contribution < -0.4 is 14.4 Å². The number of furan rings is 1. The molecule has 0 unspecified atom stereocenters. The van der Waals surface area contributed by atoms with E-state index >= 15 is 0 Å². The number of carbonyl (C=O) groups excluding carboxylic acids is 1. The Morgan fingerprint density at radius 1 is 1.10 bits per heavy atom. The maximum absolute atomic E-state index is 13.8. The first kappa shape index (κ1) is 34.4. The molecule has 4 aromatic heterocycles. The third-order valence-corrected chi connectivity index (χ3v) is 12.0. The van der Waals surface area contributed by atoms with Crippen LogP contribution in [0.25, 0.3) is 56.0 Å². The van der Waals surface area contributed by atoms with Gasteiger partial charge in [0, 0.05) is 68.5 Å². The number of fused-ring (bicyclic) bond motifs is 6. The van der Waals surface area contributed by atoms with Crippen LogP contribution in [0, 0.1) is 5.82 Å². The molecule has 0 saturated heterocycles. The molecular formula is C37H38FN5O6SSi. The van der Waals surface area contributed by atoms with E-state index < -0.39 is 29.8 Å². The molecule has 0 aliphatic carbocycles. The normalized spacial score (nSPS) is 12.8. The Bertz CT molecular complexity index is 2440. The standard InChI is InChI=1S/C37H38FN5O6SSi/c1-39-37(44)32-26-18-25(29(42(2)50(3,45)46)19-31(26)49-35(32)22-9-11-23(38)12-10-22)28-13-14-30-33(41-28)34-27(20-48-30)24-8-7-15-40-36(24)43(34)21-47-16-17-51(4,5)6/h7-15,18-19H,16-17,20-21H2,1-6H3,(H,39,44). The van der Waals surface area contributed by atoms with Gasteiger partial charge in [-0.3, -0.25) is 13.7 Å². The van der Waals surface area contributed by atoms with Gasteiger partial charge in [-0.2, -0.15) is 0 Å². The molecule has 0 spiro atoms. The number of nitrogens with one attached hydrogen (secondary N) is 1. The van der Waals surface area contributed by atoms with E-state index in [1.165, 1.54) is 38.4 Å². The van der Waals surface area contributed by atoms with Crippen LogP contribution in [0.2, 0.25) is 25.7 Å². The van der Waals surface area contributed by atoms with Crippen LogP contribution >= 0.6 is 0 Å². The number of nitrogens with zero attached hydrogens (tertiary/aromatic N) is 4. The molecule has 2 aromatic carbocycles. The Balaban J connectivity index is 1.44. The van der Waals surface area contributed by atoms with Gasteiger partial charge in [-0.15, -0.1) is 0 Å². The molecule has 0 saturated carbocycles. The van der Waals surface area contributed by atoms with Crippen molar-refractivity contribution in [1.29, 1.82) is 0 Å². The van der Waals surface area contributed by atoms with Crippen LogP contribution in [0.1, 0.15) is 15.9 Å². The van der Waals surface area contributed by atoms with Crippen molar-refractivity contribution < 1.29 is 31.5 Å². The lowest BCUT2D eigenvalue weighted by atomic mass is 10.00. The molecule has 264 valence electrons. The zero-order valence-electron chi connectivity index (χ0n) is 29.2. The summed E-state index contributed by atoms with van der Waals surface area (Å²) in [5.41, 5.74) is 5.18. The average molecular weight is 728 g/mol. The van der Waals surface area contributed by atoms with Crippen molar-refractivity contribution in [1.82, 2.24) is 19.9 Å². The van der Waals surface area contributed by atoms with Gasteiger partial charge in [-0.1, -0.05) is 19.6 Å². The minimum atomic E-state index is -3.76.